The Morgan fingerprint density at radius 2 is 1.95 bits per heavy atom. The Labute approximate surface area is 115 Å². The first-order valence-electron chi connectivity index (χ1n) is 7.71. The van der Waals surface area contributed by atoms with E-state index < -0.39 is 0 Å². The molecule has 1 spiro atoms. The van der Waals surface area contributed by atoms with E-state index in [-0.39, 0.29) is 23.3 Å². The van der Waals surface area contributed by atoms with Crippen LogP contribution in [0.5, 0.6) is 0 Å². The summed E-state index contributed by atoms with van der Waals surface area (Å²) in [5.41, 5.74) is 5.42. The molecule has 0 radical (unpaired) electrons. The van der Waals surface area contributed by atoms with Gasteiger partial charge in [0.1, 0.15) is 0 Å². The highest BCUT2D eigenvalue weighted by atomic mass is 16.2. The summed E-state index contributed by atoms with van der Waals surface area (Å²) in [5.74, 6) is 0.0854. The largest absolute Gasteiger partial charge is 0.328 e. The Bertz CT molecular complexity index is 348. The molecule has 2 fully saturated rings. The second-order valence-corrected chi connectivity index (χ2v) is 6.12. The van der Waals surface area contributed by atoms with Gasteiger partial charge in [-0.2, -0.15) is 0 Å². The number of hydrogen-bond acceptors (Lipinski definition) is 3. The predicted octanol–water partition coefficient (Wildman–Crippen LogP) is 2.21. The van der Waals surface area contributed by atoms with Crippen LogP contribution in [0, 0.1) is 5.41 Å². The quantitative estimate of drug-likeness (QED) is 0.776. The topological polar surface area (TPSA) is 63.4 Å². The van der Waals surface area contributed by atoms with Gasteiger partial charge >= 0.3 is 0 Å². The molecule has 1 atom stereocenters. The first kappa shape index (κ1) is 14.5. The molecule has 4 heteroatoms. The number of nitrogens with zero attached hydrogens (tertiary/aromatic N) is 1. The average Bonchev–Trinajstić information content (AvgIpc) is 2.65. The van der Waals surface area contributed by atoms with E-state index in [0.29, 0.717) is 13.0 Å². The van der Waals surface area contributed by atoms with E-state index in [1.165, 1.54) is 11.3 Å². The summed E-state index contributed by atoms with van der Waals surface area (Å²) in [4.78, 5) is 26.5. The van der Waals surface area contributed by atoms with Gasteiger partial charge in [0.05, 0.1) is 11.5 Å². The maximum atomic E-state index is 12.7. The van der Waals surface area contributed by atoms with Gasteiger partial charge in [0, 0.05) is 13.0 Å². The number of unbranched alkanes of at least 4 members (excludes halogenated alkanes) is 1. The second kappa shape index (κ2) is 6.04. The molecule has 1 saturated carbocycles. The third kappa shape index (κ3) is 2.69. The van der Waals surface area contributed by atoms with Gasteiger partial charge in [0.2, 0.25) is 11.8 Å². The number of rotatable bonds is 5. The van der Waals surface area contributed by atoms with E-state index in [0.717, 1.165) is 44.9 Å². The Morgan fingerprint density at radius 1 is 1.26 bits per heavy atom. The van der Waals surface area contributed by atoms with Crippen molar-refractivity contribution < 1.29 is 9.59 Å². The summed E-state index contributed by atoms with van der Waals surface area (Å²) in [6.07, 6.45) is 8.49. The normalized spacial score (nSPS) is 24.2. The molecule has 2 aliphatic rings. The molecule has 2 N–H and O–H groups in total. The van der Waals surface area contributed by atoms with Crippen LogP contribution in [0.2, 0.25) is 0 Å². The van der Waals surface area contributed by atoms with Crippen molar-refractivity contribution in [1.82, 2.24) is 4.90 Å². The van der Waals surface area contributed by atoms with Crippen LogP contribution in [0.15, 0.2) is 0 Å². The van der Waals surface area contributed by atoms with Crippen molar-refractivity contribution in [3.63, 3.8) is 0 Å². The molecule has 0 aromatic rings. The monoisotopic (exact) mass is 266 g/mol. The molecule has 1 heterocycles. The van der Waals surface area contributed by atoms with Gasteiger partial charge in [0.15, 0.2) is 0 Å². The summed E-state index contributed by atoms with van der Waals surface area (Å²) in [6.45, 7) is 2.51. The number of nitrogens with two attached hydrogens (primary N) is 1. The lowest BCUT2D eigenvalue weighted by molar-refractivity contribution is -0.144. The highest BCUT2D eigenvalue weighted by Gasteiger charge is 2.52. The summed E-state index contributed by atoms with van der Waals surface area (Å²) >= 11 is 0. The van der Waals surface area contributed by atoms with Crippen molar-refractivity contribution in [1.29, 1.82) is 0 Å². The molecule has 1 saturated heterocycles. The molecule has 1 unspecified atom stereocenters. The molecule has 4 nitrogen and oxygen atoms in total. The van der Waals surface area contributed by atoms with Gasteiger partial charge in [-0.25, -0.2) is 0 Å². The Hall–Kier alpha value is -0.900. The van der Waals surface area contributed by atoms with E-state index >= 15 is 0 Å². The molecule has 108 valence electrons. The van der Waals surface area contributed by atoms with Gasteiger partial charge in [0.25, 0.3) is 0 Å². The third-order valence-electron chi connectivity index (χ3n) is 4.77. The SMILES string of the molecule is CCCCC(CN)N1C(=O)CC2(CCCCC2)C1=O. The van der Waals surface area contributed by atoms with E-state index in [2.05, 4.69) is 6.92 Å². The van der Waals surface area contributed by atoms with Gasteiger partial charge in [-0.15, -0.1) is 0 Å². The van der Waals surface area contributed by atoms with Crippen LogP contribution in [0.25, 0.3) is 0 Å². The highest BCUT2D eigenvalue weighted by Crippen LogP contribution is 2.46. The van der Waals surface area contributed by atoms with Crippen LogP contribution in [0.4, 0.5) is 0 Å². The van der Waals surface area contributed by atoms with E-state index in [1.54, 1.807) is 0 Å². The van der Waals surface area contributed by atoms with E-state index in [1.807, 2.05) is 0 Å². The molecule has 0 aromatic carbocycles. The van der Waals surface area contributed by atoms with Gasteiger partial charge in [-0.3, -0.25) is 14.5 Å². The van der Waals surface area contributed by atoms with Crippen molar-refractivity contribution in [2.24, 2.45) is 11.1 Å². The zero-order chi connectivity index (χ0) is 13.9. The molecule has 1 aliphatic carbocycles. The lowest BCUT2D eigenvalue weighted by Gasteiger charge is -2.32. The van der Waals surface area contributed by atoms with E-state index in [9.17, 15) is 9.59 Å². The molecular weight excluding hydrogens is 240 g/mol. The fourth-order valence-electron chi connectivity index (χ4n) is 3.60. The molecule has 2 rings (SSSR count). The van der Waals surface area contributed by atoms with Crippen molar-refractivity contribution in [3.8, 4) is 0 Å². The first-order valence-corrected chi connectivity index (χ1v) is 7.71. The number of amides is 2. The van der Waals surface area contributed by atoms with Crippen LogP contribution >= 0.6 is 0 Å². The van der Waals surface area contributed by atoms with Gasteiger partial charge in [-0.05, 0) is 19.3 Å². The molecule has 0 aromatic heterocycles. The van der Waals surface area contributed by atoms with Crippen LogP contribution < -0.4 is 5.73 Å². The summed E-state index contributed by atoms with van der Waals surface area (Å²) in [6, 6.07) is -0.0822. The second-order valence-electron chi connectivity index (χ2n) is 6.12. The fraction of sp³-hybridized carbons (Fsp3) is 0.867. The van der Waals surface area contributed by atoms with Crippen LogP contribution in [0.1, 0.15) is 64.7 Å². The van der Waals surface area contributed by atoms with Crippen LogP contribution in [-0.4, -0.2) is 29.3 Å². The zero-order valence-corrected chi connectivity index (χ0v) is 12.0. The Kier molecular flexibility index (Phi) is 4.61. The van der Waals surface area contributed by atoms with Crippen molar-refractivity contribution in [2.75, 3.05) is 6.54 Å². The number of carbonyl (C=O) groups is 2. The predicted molar refractivity (Wildman–Crippen MR) is 74.4 cm³/mol. The fourth-order valence-corrected chi connectivity index (χ4v) is 3.60. The van der Waals surface area contributed by atoms with Gasteiger partial charge in [-0.1, -0.05) is 39.0 Å². The zero-order valence-electron chi connectivity index (χ0n) is 12.0. The number of likely N-dealkylation sites (tertiary alicyclic amines) is 1. The van der Waals surface area contributed by atoms with Crippen LogP contribution in [-0.2, 0) is 9.59 Å². The minimum absolute atomic E-state index is 0.0125. The molecule has 19 heavy (non-hydrogen) atoms. The average molecular weight is 266 g/mol. The minimum Gasteiger partial charge on any atom is -0.328 e. The first-order chi connectivity index (χ1) is 9.14. The highest BCUT2D eigenvalue weighted by molar-refractivity contribution is 6.06. The lowest BCUT2D eigenvalue weighted by atomic mass is 9.73. The number of carbonyl (C=O) groups excluding carboxylic acids is 2. The summed E-state index contributed by atoms with van der Waals surface area (Å²) in [5, 5.41) is 0. The van der Waals surface area contributed by atoms with E-state index in [4.69, 9.17) is 5.73 Å². The maximum Gasteiger partial charge on any atom is 0.236 e. The standard InChI is InChI=1S/C15H26N2O2/c1-2-3-7-12(11-16)17-13(18)10-15(14(17)19)8-5-4-6-9-15/h12H,2-11,16H2,1H3. The smallest absolute Gasteiger partial charge is 0.236 e. The summed E-state index contributed by atoms with van der Waals surface area (Å²) in [7, 11) is 0. The maximum absolute atomic E-state index is 12.7. The number of hydrogen-bond donors (Lipinski definition) is 1. The minimum atomic E-state index is -0.366. The Morgan fingerprint density at radius 3 is 2.53 bits per heavy atom. The molecule has 0 bridgehead atoms. The lowest BCUT2D eigenvalue weighted by Crippen LogP contribution is -2.46. The summed E-state index contributed by atoms with van der Waals surface area (Å²) < 4.78 is 0. The van der Waals surface area contributed by atoms with Crippen molar-refractivity contribution >= 4 is 11.8 Å². The van der Waals surface area contributed by atoms with Crippen LogP contribution in [0.3, 0.4) is 0 Å². The third-order valence-corrected chi connectivity index (χ3v) is 4.77. The number of imide groups is 1. The van der Waals surface area contributed by atoms with Crippen molar-refractivity contribution in [2.45, 2.75) is 70.8 Å². The molecule has 2 amide bonds. The molecular formula is C15H26N2O2. The molecule has 1 aliphatic heterocycles. The van der Waals surface area contributed by atoms with Gasteiger partial charge < -0.3 is 5.73 Å². The Balaban J connectivity index is 2.12. The van der Waals surface area contributed by atoms with Crippen molar-refractivity contribution in [3.05, 3.63) is 0 Å².